The Bertz CT molecular complexity index is 2590. The number of hydrogen-bond acceptors (Lipinski definition) is 15. The monoisotopic (exact) mass is 1490 g/mol. The lowest BCUT2D eigenvalue weighted by Gasteiger charge is -2.21. The molecule has 0 rings (SSSR count). The van der Waals surface area contributed by atoms with E-state index < -0.39 is 97.5 Å². The van der Waals surface area contributed by atoms with E-state index in [1.54, 1.807) is 12.2 Å². The summed E-state index contributed by atoms with van der Waals surface area (Å²) in [7, 11) is -10.0. The zero-order valence-corrected chi connectivity index (χ0v) is 66.4. The first-order chi connectivity index (χ1) is 50.7. The van der Waals surface area contributed by atoms with Gasteiger partial charge in [0.05, 0.1) is 32.8 Å². The van der Waals surface area contributed by atoms with Gasteiger partial charge in [-0.25, -0.2) is 9.13 Å². The summed E-state index contributed by atoms with van der Waals surface area (Å²) >= 11 is 0. The number of allylic oxidation sites excluding steroid dienone is 25. The normalized spacial score (nSPS) is 14.7. The van der Waals surface area contributed by atoms with Crippen LogP contribution in [0.2, 0.25) is 0 Å². The van der Waals surface area contributed by atoms with Crippen molar-refractivity contribution in [3.05, 3.63) is 158 Å². The van der Waals surface area contributed by atoms with E-state index in [0.717, 1.165) is 154 Å². The number of aliphatic hydroxyl groups excluding tert-OH is 1. The third-order valence-electron chi connectivity index (χ3n) is 16.0. The van der Waals surface area contributed by atoms with E-state index in [1.807, 2.05) is 12.2 Å². The molecule has 3 N–H and O–H groups in total. The molecule has 0 aliphatic carbocycles. The lowest BCUT2D eigenvalue weighted by Crippen LogP contribution is -2.30. The fourth-order valence-corrected chi connectivity index (χ4v) is 11.7. The van der Waals surface area contributed by atoms with Crippen LogP contribution in [0.4, 0.5) is 0 Å². The van der Waals surface area contributed by atoms with Gasteiger partial charge in [-0.3, -0.25) is 37.3 Å². The molecule has 0 heterocycles. The van der Waals surface area contributed by atoms with Crippen LogP contribution in [-0.4, -0.2) is 96.7 Å². The molecule has 0 saturated heterocycles. The Hall–Kier alpha value is -5.32. The van der Waals surface area contributed by atoms with Gasteiger partial charge in [-0.15, -0.1) is 0 Å². The second-order valence-corrected chi connectivity index (χ2v) is 28.8. The summed E-state index contributed by atoms with van der Waals surface area (Å²) in [5.41, 5.74) is 0. The van der Waals surface area contributed by atoms with Crippen LogP contribution in [0.1, 0.15) is 297 Å². The molecule has 5 atom stereocenters. The van der Waals surface area contributed by atoms with Gasteiger partial charge < -0.3 is 33.8 Å². The number of unbranched alkanes of at least 4 members (excludes halogenated alkanes) is 22. The highest BCUT2D eigenvalue weighted by atomic mass is 31.2. The Kier molecular flexibility index (Phi) is 72.0. The van der Waals surface area contributed by atoms with Gasteiger partial charge in [-0.1, -0.05) is 301 Å². The smallest absolute Gasteiger partial charge is 0.462 e. The molecule has 0 saturated carbocycles. The van der Waals surface area contributed by atoms with Crippen LogP contribution in [0.15, 0.2) is 158 Å². The average Bonchev–Trinajstić information content (AvgIpc) is 0.999. The van der Waals surface area contributed by atoms with Crippen molar-refractivity contribution in [2.24, 2.45) is 0 Å². The summed E-state index contributed by atoms with van der Waals surface area (Å²) in [6.45, 7) is 4.36. The molecule has 17 nitrogen and oxygen atoms in total. The molecule has 0 aliphatic rings. The summed E-state index contributed by atoms with van der Waals surface area (Å²) in [4.78, 5) is 72.9. The molecule has 592 valence electrons. The Morgan fingerprint density at radius 3 is 0.875 bits per heavy atom. The topological polar surface area (TPSA) is 237 Å². The third kappa shape index (κ3) is 74.9. The SMILES string of the molecule is CC/C=C\C/C=C\C/C=C\C/C=C\C/C=C\CC(=O)OC(COC(=O)CCCCCCCC/C=C\C/C=C\C/C=C\C/C=C\CC)COP(=O)(O)OCC(O)COP(=O)(O)OCC(COC(=O)CCCC/C=C\C/C=C\C/C=C\C/C=C\CC)OC(=O)CCCCCCCCCCCCCCCCC. The van der Waals surface area contributed by atoms with Gasteiger partial charge in [0.15, 0.2) is 12.2 Å². The van der Waals surface area contributed by atoms with Crippen LogP contribution >= 0.6 is 15.6 Å². The quantitative estimate of drug-likeness (QED) is 0.0169. The van der Waals surface area contributed by atoms with Crippen molar-refractivity contribution in [2.45, 2.75) is 316 Å². The van der Waals surface area contributed by atoms with Gasteiger partial charge in [0, 0.05) is 19.3 Å². The molecule has 5 unspecified atom stereocenters. The maximum atomic E-state index is 13.1. The Labute approximate surface area is 629 Å². The van der Waals surface area contributed by atoms with E-state index in [4.69, 9.17) is 37.0 Å². The minimum atomic E-state index is -5.01. The average molecular weight is 1500 g/mol. The molecule has 0 amide bonds. The fourth-order valence-electron chi connectivity index (χ4n) is 10.1. The number of aliphatic hydroxyl groups is 1. The van der Waals surface area contributed by atoms with Crippen LogP contribution in [0.25, 0.3) is 0 Å². The highest BCUT2D eigenvalue weighted by Gasteiger charge is 2.30. The highest BCUT2D eigenvalue weighted by Crippen LogP contribution is 2.45. The number of ether oxygens (including phenoxy) is 4. The number of rotatable bonds is 73. The number of carbonyl (C=O) groups is 4. The molecule has 0 aromatic rings. The summed E-state index contributed by atoms with van der Waals surface area (Å²) in [5.74, 6) is -2.39. The molecule has 0 aromatic carbocycles. The molecule has 104 heavy (non-hydrogen) atoms. The van der Waals surface area contributed by atoms with Crippen molar-refractivity contribution in [1.29, 1.82) is 0 Å². The van der Waals surface area contributed by atoms with Gasteiger partial charge in [-0.2, -0.15) is 0 Å². The van der Waals surface area contributed by atoms with Gasteiger partial charge >= 0.3 is 39.5 Å². The minimum absolute atomic E-state index is 0.0822. The summed E-state index contributed by atoms with van der Waals surface area (Å²) in [6, 6.07) is 0. The van der Waals surface area contributed by atoms with Gasteiger partial charge in [0.25, 0.3) is 0 Å². The molecule has 0 aromatic heterocycles. The molecular weight excluding hydrogens is 1350 g/mol. The summed E-state index contributed by atoms with van der Waals surface area (Å²) < 4.78 is 68.4. The van der Waals surface area contributed by atoms with Crippen LogP contribution < -0.4 is 0 Å². The largest absolute Gasteiger partial charge is 0.472 e. The van der Waals surface area contributed by atoms with Crippen molar-refractivity contribution in [3.63, 3.8) is 0 Å². The standard InChI is InChI=1S/C85H140O17P2/c1-5-9-13-17-21-25-29-33-37-38-39-40-44-46-50-54-58-62-66-70-83(88)96-76-81(102-85(90)72-68-64-60-56-52-48-43-36-32-28-24-20-16-12-8-4)78-100-104(93,94)98-74-79(86)73-97-103(91,92)99-77-80(101-84(89)71-67-63-59-55-51-47-42-35-31-27-23-19-15-11-7-3)75-95-82(87)69-65-61-57-53-49-45-41-34-30-26-22-18-14-10-6-2/h9-10,12-14,16,21-22,24-26,28,33-34,36-37,39-41,43,49,52-53,56,64,68,79-81,86H,5-8,11,15,17-20,23,27,29-32,35,38,42,44-48,50-51,54-55,57-63,65-67,69-78H2,1-4H3,(H,91,92)(H,93,94)/b13-9-,14-10-,16-12-,25-21-,26-22-,28-24-,37-33-,40-39-,41-34-,43-36-,53-49-,56-52-,68-64-. The van der Waals surface area contributed by atoms with E-state index >= 15 is 0 Å². The van der Waals surface area contributed by atoms with Crippen LogP contribution in [0, 0.1) is 0 Å². The second-order valence-electron chi connectivity index (χ2n) is 25.9. The fraction of sp³-hybridized carbons (Fsp3) is 0.647. The third-order valence-corrected chi connectivity index (χ3v) is 17.9. The van der Waals surface area contributed by atoms with Crippen molar-refractivity contribution in [2.75, 3.05) is 39.6 Å². The van der Waals surface area contributed by atoms with Crippen LogP contribution in [-0.2, 0) is 65.4 Å². The first kappa shape index (κ1) is 98.7. The maximum absolute atomic E-state index is 13.1. The van der Waals surface area contributed by atoms with Crippen LogP contribution in [0.5, 0.6) is 0 Å². The molecule has 0 fully saturated rings. The Morgan fingerprint density at radius 1 is 0.288 bits per heavy atom. The molecule has 0 bridgehead atoms. The number of phosphoric ester groups is 2. The van der Waals surface area contributed by atoms with Gasteiger partial charge in [0.2, 0.25) is 0 Å². The van der Waals surface area contributed by atoms with Crippen molar-refractivity contribution >= 4 is 39.5 Å². The number of carbonyl (C=O) groups excluding carboxylic acids is 4. The number of phosphoric acid groups is 2. The first-order valence-electron chi connectivity index (χ1n) is 39.7. The Balaban J connectivity index is 5.46. The van der Waals surface area contributed by atoms with Crippen molar-refractivity contribution in [3.8, 4) is 0 Å². The molecule has 0 spiro atoms. The van der Waals surface area contributed by atoms with E-state index in [-0.39, 0.29) is 25.7 Å². The van der Waals surface area contributed by atoms with E-state index in [9.17, 15) is 43.2 Å². The van der Waals surface area contributed by atoms with E-state index in [0.29, 0.717) is 25.7 Å². The zero-order valence-electron chi connectivity index (χ0n) is 64.6. The number of hydrogen-bond donors (Lipinski definition) is 3. The van der Waals surface area contributed by atoms with Gasteiger partial charge in [0.1, 0.15) is 19.3 Å². The van der Waals surface area contributed by atoms with E-state index in [2.05, 4.69) is 161 Å². The lowest BCUT2D eigenvalue weighted by atomic mass is 10.0. The van der Waals surface area contributed by atoms with Gasteiger partial charge in [-0.05, 0) is 128 Å². The maximum Gasteiger partial charge on any atom is 0.472 e. The summed E-state index contributed by atoms with van der Waals surface area (Å²) in [6.07, 6.45) is 88.3. The zero-order chi connectivity index (χ0) is 76.0. The second kappa shape index (κ2) is 75.9. The summed E-state index contributed by atoms with van der Waals surface area (Å²) in [5, 5.41) is 10.6. The predicted octanol–water partition coefficient (Wildman–Crippen LogP) is 23.2. The Morgan fingerprint density at radius 2 is 0.538 bits per heavy atom. The molecule has 19 heteroatoms. The molecular formula is C85H140O17P2. The van der Waals surface area contributed by atoms with Crippen molar-refractivity contribution in [1.82, 2.24) is 0 Å². The minimum Gasteiger partial charge on any atom is -0.462 e. The van der Waals surface area contributed by atoms with E-state index in [1.165, 1.54) is 64.2 Å². The highest BCUT2D eigenvalue weighted by molar-refractivity contribution is 7.47. The molecule has 0 aliphatic heterocycles. The van der Waals surface area contributed by atoms with Crippen molar-refractivity contribution < 1.29 is 80.2 Å². The first-order valence-corrected chi connectivity index (χ1v) is 42.7. The predicted molar refractivity (Wildman–Crippen MR) is 427 cm³/mol. The molecule has 0 radical (unpaired) electrons. The number of esters is 4. The lowest BCUT2D eigenvalue weighted by molar-refractivity contribution is -0.161. The van der Waals surface area contributed by atoms with Crippen LogP contribution in [0.3, 0.4) is 0 Å².